The minimum atomic E-state index is 0.725. The first-order valence-corrected chi connectivity index (χ1v) is 9.46. The molecule has 2 heterocycles. The van der Waals surface area contributed by atoms with Crippen molar-refractivity contribution in [2.24, 2.45) is 0 Å². The third-order valence-electron chi connectivity index (χ3n) is 4.32. The third-order valence-corrected chi connectivity index (χ3v) is 5.75. The number of nitrogens with one attached hydrogen (secondary N) is 2. The zero-order valence-electron chi connectivity index (χ0n) is 13.7. The van der Waals surface area contributed by atoms with Crippen LogP contribution in [0, 0.1) is 0 Å². The molecule has 0 bridgehead atoms. The smallest absolute Gasteiger partial charge is 0.147 e. The van der Waals surface area contributed by atoms with Crippen molar-refractivity contribution in [3.8, 4) is 0 Å². The van der Waals surface area contributed by atoms with E-state index in [0.29, 0.717) is 0 Å². The summed E-state index contributed by atoms with van der Waals surface area (Å²) in [5.74, 6) is 0.864. The van der Waals surface area contributed by atoms with Crippen molar-refractivity contribution in [2.75, 3.05) is 5.32 Å². The maximum absolute atomic E-state index is 6.08. The molecule has 0 amide bonds. The van der Waals surface area contributed by atoms with E-state index in [9.17, 15) is 0 Å². The number of anilines is 1. The standard InChI is InChI=1S/C21H14ClN3S/c22-14-11-9-13(10-12-14)19-20(26-18-8-4-3-7-17(18)23-19)21-24-15-5-1-2-6-16(15)25-21/h1-12,23H,(H,24,25). The van der Waals surface area contributed by atoms with Gasteiger partial charge >= 0.3 is 0 Å². The van der Waals surface area contributed by atoms with Crippen LogP contribution in [0.2, 0.25) is 5.02 Å². The topological polar surface area (TPSA) is 40.7 Å². The van der Waals surface area contributed by atoms with Crippen molar-refractivity contribution in [3.63, 3.8) is 0 Å². The third kappa shape index (κ3) is 2.68. The lowest BCUT2D eigenvalue weighted by Crippen LogP contribution is -2.07. The van der Waals surface area contributed by atoms with E-state index in [-0.39, 0.29) is 0 Å². The SMILES string of the molecule is Clc1ccc(C2=C(c3nc4ccccc4[nH]3)Sc3ccccc3N2)cc1. The Morgan fingerprint density at radius 2 is 1.62 bits per heavy atom. The molecular formula is C21H14ClN3S. The van der Waals surface area contributed by atoms with Crippen molar-refractivity contribution < 1.29 is 0 Å². The van der Waals surface area contributed by atoms with Crippen LogP contribution in [0.1, 0.15) is 11.4 Å². The van der Waals surface area contributed by atoms with E-state index in [2.05, 4.69) is 28.5 Å². The van der Waals surface area contributed by atoms with Gasteiger partial charge in [0.05, 0.1) is 27.3 Å². The molecule has 4 aromatic rings. The van der Waals surface area contributed by atoms with Crippen molar-refractivity contribution in [2.45, 2.75) is 4.90 Å². The van der Waals surface area contributed by atoms with Gasteiger partial charge in [-0.3, -0.25) is 0 Å². The van der Waals surface area contributed by atoms with E-state index in [1.165, 1.54) is 4.90 Å². The van der Waals surface area contributed by atoms with Crippen LogP contribution < -0.4 is 5.32 Å². The van der Waals surface area contributed by atoms with Crippen LogP contribution in [-0.4, -0.2) is 9.97 Å². The number of nitrogens with zero attached hydrogens (tertiary/aromatic N) is 1. The molecule has 0 fully saturated rings. The number of hydrogen-bond acceptors (Lipinski definition) is 3. The number of halogens is 1. The van der Waals surface area contributed by atoms with Crippen LogP contribution in [-0.2, 0) is 0 Å². The molecule has 1 aliphatic heterocycles. The average Bonchev–Trinajstić information content (AvgIpc) is 3.12. The first kappa shape index (κ1) is 15.6. The quantitative estimate of drug-likeness (QED) is 0.434. The Balaban J connectivity index is 1.71. The number of rotatable bonds is 2. The molecule has 0 unspecified atom stereocenters. The van der Waals surface area contributed by atoms with Gasteiger partial charge in [-0.25, -0.2) is 4.98 Å². The van der Waals surface area contributed by atoms with Gasteiger partial charge in [-0.1, -0.05) is 59.8 Å². The summed E-state index contributed by atoms with van der Waals surface area (Å²) in [7, 11) is 0. The summed E-state index contributed by atoms with van der Waals surface area (Å²) >= 11 is 7.80. The highest BCUT2D eigenvalue weighted by molar-refractivity contribution is 8.08. The number of para-hydroxylation sites is 3. The highest BCUT2D eigenvalue weighted by atomic mass is 35.5. The van der Waals surface area contributed by atoms with Gasteiger partial charge in [-0.2, -0.15) is 0 Å². The molecule has 3 aromatic carbocycles. The summed E-state index contributed by atoms with van der Waals surface area (Å²) in [5, 5.41) is 4.31. The lowest BCUT2D eigenvalue weighted by Gasteiger charge is -2.23. The second-order valence-corrected chi connectivity index (χ2v) is 7.53. The first-order chi connectivity index (χ1) is 12.8. The highest BCUT2D eigenvalue weighted by Gasteiger charge is 2.23. The Bertz CT molecular complexity index is 1110. The fourth-order valence-electron chi connectivity index (χ4n) is 3.06. The molecule has 26 heavy (non-hydrogen) atoms. The molecule has 1 aliphatic rings. The fraction of sp³-hybridized carbons (Fsp3) is 0. The monoisotopic (exact) mass is 375 g/mol. The van der Waals surface area contributed by atoms with E-state index in [1.54, 1.807) is 11.8 Å². The van der Waals surface area contributed by atoms with Crippen LogP contribution in [0.15, 0.2) is 77.7 Å². The van der Waals surface area contributed by atoms with Crippen LogP contribution in [0.25, 0.3) is 21.6 Å². The molecule has 0 saturated carbocycles. The number of thioether (sulfide) groups is 1. The summed E-state index contributed by atoms with van der Waals surface area (Å²) in [6.07, 6.45) is 0. The summed E-state index contributed by atoms with van der Waals surface area (Å²) in [5.41, 5.74) is 5.20. The molecule has 3 nitrogen and oxygen atoms in total. The molecule has 0 radical (unpaired) electrons. The Hall–Kier alpha value is -2.69. The van der Waals surface area contributed by atoms with Gasteiger partial charge in [0.15, 0.2) is 0 Å². The van der Waals surface area contributed by atoms with Crippen LogP contribution >= 0.6 is 23.4 Å². The van der Waals surface area contributed by atoms with Crippen molar-refractivity contribution in [3.05, 3.63) is 89.2 Å². The van der Waals surface area contributed by atoms with Crippen LogP contribution in [0.4, 0.5) is 5.69 Å². The van der Waals surface area contributed by atoms with E-state index >= 15 is 0 Å². The van der Waals surface area contributed by atoms with Gasteiger partial charge in [-0.15, -0.1) is 0 Å². The molecule has 126 valence electrons. The largest absolute Gasteiger partial charge is 0.353 e. The molecule has 0 aliphatic carbocycles. The summed E-state index contributed by atoms with van der Waals surface area (Å²) in [6, 6.07) is 24.3. The average molecular weight is 376 g/mol. The van der Waals surface area contributed by atoms with Crippen molar-refractivity contribution in [1.82, 2.24) is 9.97 Å². The normalized spacial score (nSPS) is 13.6. The summed E-state index contributed by atoms with van der Waals surface area (Å²) in [6.45, 7) is 0. The number of aromatic amines is 1. The number of H-pyrrole nitrogens is 1. The van der Waals surface area contributed by atoms with E-state index in [0.717, 1.165) is 43.7 Å². The zero-order valence-corrected chi connectivity index (χ0v) is 15.2. The Morgan fingerprint density at radius 3 is 2.46 bits per heavy atom. The minimum Gasteiger partial charge on any atom is -0.353 e. The van der Waals surface area contributed by atoms with Gasteiger partial charge in [0.2, 0.25) is 0 Å². The molecule has 5 heteroatoms. The van der Waals surface area contributed by atoms with Gasteiger partial charge in [-0.05, 0) is 42.0 Å². The maximum Gasteiger partial charge on any atom is 0.147 e. The molecule has 1 aromatic heterocycles. The Kier molecular flexibility index (Phi) is 3.73. The van der Waals surface area contributed by atoms with Gasteiger partial charge in [0.1, 0.15) is 5.82 Å². The number of fused-ring (bicyclic) bond motifs is 2. The number of imidazole rings is 1. The van der Waals surface area contributed by atoms with Crippen LogP contribution in [0.5, 0.6) is 0 Å². The summed E-state index contributed by atoms with van der Waals surface area (Å²) < 4.78 is 0. The lowest BCUT2D eigenvalue weighted by molar-refractivity contribution is 1.28. The zero-order chi connectivity index (χ0) is 17.5. The van der Waals surface area contributed by atoms with E-state index in [4.69, 9.17) is 16.6 Å². The summed E-state index contributed by atoms with van der Waals surface area (Å²) in [4.78, 5) is 10.5. The molecular weight excluding hydrogens is 362 g/mol. The maximum atomic E-state index is 6.08. The highest BCUT2D eigenvalue weighted by Crippen LogP contribution is 2.46. The molecule has 2 N–H and O–H groups in total. The fourth-order valence-corrected chi connectivity index (χ4v) is 4.24. The van der Waals surface area contributed by atoms with Crippen molar-refractivity contribution >= 4 is 50.7 Å². The Morgan fingerprint density at radius 1 is 0.846 bits per heavy atom. The minimum absolute atomic E-state index is 0.725. The molecule has 0 spiro atoms. The number of hydrogen-bond donors (Lipinski definition) is 2. The molecule has 0 saturated heterocycles. The second kappa shape index (κ2) is 6.24. The number of benzene rings is 3. The van der Waals surface area contributed by atoms with Crippen LogP contribution in [0.3, 0.4) is 0 Å². The van der Waals surface area contributed by atoms with E-state index in [1.807, 2.05) is 54.6 Å². The van der Waals surface area contributed by atoms with Crippen molar-refractivity contribution in [1.29, 1.82) is 0 Å². The molecule has 0 atom stereocenters. The second-order valence-electron chi connectivity index (χ2n) is 6.04. The predicted octanol–water partition coefficient (Wildman–Crippen LogP) is 6.26. The number of aromatic nitrogens is 2. The first-order valence-electron chi connectivity index (χ1n) is 8.27. The molecule has 5 rings (SSSR count). The Labute approximate surface area is 160 Å². The van der Waals surface area contributed by atoms with Gasteiger partial charge < -0.3 is 10.3 Å². The predicted molar refractivity (Wildman–Crippen MR) is 110 cm³/mol. The van der Waals surface area contributed by atoms with E-state index < -0.39 is 0 Å². The van der Waals surface area contributed by atoms with Gasteiger partial charge in [0.25, 0.3) is 0 Å². The lowest BCUT2D eigenvalue weighted by atomic mass is 10.1. The van der Waals surface area contributed by atoms with Gasteiger partial charge in [0, 0.05) is 9.92 Å².